The highest BCUT2D eigenvalue weighted by Crippen LogP contribution is 2.40. The van der Waals surface area contributed by atoms with Gasteiger partial charge < -0.3 is 25.2 Å². The second kappa shape index (κ2) is 18.2. The van der Waals surface area contributed by atoms with E-state index in [2.05, 4.69) is 65.7 Å². The lowest BCUT2D eigenvalue weighted by Gasteiger charge is -2.51. The van der Waals surface area contributed by atoms with Crippen LogP contribution in [-0.2, 0) is 26.0 Å². The molecule has 9 rings (SSSR count). The van der Waals surface area contributed by atoms with Crippen LogP contribution in [0.25, 0.3) is 0 Å². The summed E-state index contributed by atoms with van der Waals surface area (Å²) in [6, 6.07) is 17.0. The Morgan fingerprint density at radius 2 is 1.68 bits per heavy atom. The maximum absolute atomic E-state index is 13.1. The number of anilines is 5. The van der Waals surface area contributed by atoms with Crippen LogP contribution in [0, 0.1) is 12.8 Å². The maximum atomic E-state index is 13.1. The molecule has 0 bridgehead atoms. The van der Waals surface area contributed by atoms with E-state index in [0.717, 1.165) is 86.9 Å². The number of piperidine rings is 2. The predicted molar refractivity (Wildman–Crippen MR) is 251 cm³/mol. The number of halogens is 1. The number of carbonyl (C=O) groups is 3. The molecule has 3 aromatic carbocycles. The summed E-state index contributed by atoms with van der Waals surface area (Å²) >= 11 is 6.54. The number of rotatable bonds is 14. The molecule has 4 fully saturated rings. The molecule has 0 saturated carbocycles. The summed E-state index contributed by atoms with van der Waals surface area (Å²) in [5.41, 5.74) is 6.28. The van der Waals surface area contributed by atoms with E-state index in [1.807, 2.05) is 26.0 Å². The van der Waals surface area contributed by atoms with Crippen molar-refractivity contribution in [3.63, 3.8) is 0 Å². The van der Waals surface area contributed by atoms with Crippen LogP contribution in [0.15, 0.2) is 65.7 Å². The number of hydrogen-bond donors (Lipinski definition) is 3. The van der Waals surface area contributed by atoms with E-state index < -0.39 is 21.1 Å². The van der Waals surface area contributed by atoms with Crippen LogP contribution in [-0.4, -0.2) is 120 Å². The van der Waals surface area contributed by atoms with Gasteiger partial charge in [-0.05, 0) is 132 Å². The zero-order chi connectivity index (χ0) is 45.7. The minimum Gasteiger partial charge on any atom is -0.489 e. The number of hydrogen-bond acceptors (Lipinski definition) is 13. The van der Waals surface area contributed by atoms with E-state index >= 15 is 0 Å². The molecule has 3 amide bonds. The van der Waals surface area contributed by atoms with Crippen molar-refractivity contribution in [3.05, 3.63) is 88.1 Å². The molecule has 1 unspecified atom stereocenters. The van der Waals surface area contributed by atoms with Gasteiger partial charge in [0.25, 0.3) is 5.91 Å². The molecule has 6 heterocycles. The highest BCUT2D eigenvalue weighted by molar-refractivity contribution is 7.92. The molecule has 1 aromatic heterocycles. The number of likely N-dealkylation sites (tertiary alicyclic amines) is 2. The summed E-state index contributed by atoms with van der Waals surface area (Å²) in [7, 11) is -3.57. The Morgan fingerprint density at radius 1 is 0.923 bits per heavy atom. The van der Waals surface area contributed by atoms with Crippen molar-refractivity contribution < 1.29 is 27.5 Å². The van der Waals surface area contributed by atoms with Crippen molar-refractivity contribution in [3.8, 4) is 5.75 Å². The van der Waals surface area contributed by atoms with Gasteiger partial charge in [-0.2, -0.15) is 4.98 Å². The fraction of sp³-hybridized carbons (Fsp3) is 0.479. The summed E-state index contributed by atoms with van der Waals surface area (Å²) in [5.74, 6) is 1.50. The molecule has 17 heteroatoms. The molecule has 3 N–H and O–H groups in total. The van der Waals surface area contributed by atoms with Crippen molar-refractivity contribution in [1.29, 1.82) is 0 Å². The van der Waals surface area contributed by atoms with Crippen LogP contribution < -0.4 is 25.6 Å². The van der Waals surface area contributed by atoms with Crippen LogP contribution in [0.1, 0.15) is 86.3 Å². The van der Waals surface area contributed by atoms with Crippen molar-refractivity contribution in [2.75, 3.05) is 61.3 Å². The molecule has 4 saturated heterocycles. The number of carbonyl (C=O) groups excluding carboxylic acids is 3. The Hall–Kier alpha value is -5.29. The third-order valence-electron chi connectivity index (χ3n) is 13.6. The summed E-state index contributed by atoms with van der Waals surface area (Å²) < 4.78 is 32.6. The highest BCUT2D eigenvalue weighted by Gasteiger charge is 2.41. The third-order valence-corrected chi connectivity index (χ3v) is 16.0. The van der Waals surface area contributed by atoms with Crippen molar-refractivity contribution >= 4 is 68.0 Å². The Kier molecular flexibility index (Phi) is 12.6. The van der Waals surface area contributed by atoms with Gasteiger partial charge in [0.1, 0.15) is 16.8 Å². The fourth-order valence-electron chi connectivity index (χ4n) is 9.94. The number of nitrogens with one attached hydrogen (secondary N) is 3. The number of amides is 3. The van der Waals surface area contributed by atoms with E-state index in [4.69, 9.17) is 16.3 Å². The fourth-order valence-corrected chi connectivity index (χ4v) is 11.3. The number of ether oxygens (including phenoxy) is 1. The van der Waals surface area contributed by atoms with Gasteiger partial charge in [0.2, 0.25) is 17.8 Å². The van der Waals surface area contributed by atoms with Crippen LogP contribution in [0.4, 0.5) is 28.8 Å². The summed E-state index contributed by atoms with van der Waals surface area (Å²) in [6.45, 7) is 17.2. The second-order valence-electron chi connectivity index (χ2n) is 18.8. The van der Waals surface area contributed by atoms with Crippen molar-refractivity contribution in [2.24, 2.45) is 5.92 Å². The van der Waals surface area contributed by atoms with Crippen molar-refractivity contribution in [2.45, 2.75) is 101 Å². The van der Waals surface area contributed by atoms with Gasteiger partial charge in [0.15, 0.2) is 15.7 Å². The molecule has 0 aliphatic carbocycles. The minimum atomic E-state index is -3.57. The quantitative estimate of drug-likeness (QED) is 0.115. The Balaban J connectivity index is 0.765. The zero-order valence-electron chi connectivity index (χ0n) is 37.6. The normalized spacial score (nSPS) is 20.2. The SMILES string of the molecule is Cc1cc(Nc2ncc(Cl)c(Nc3ccccc3S(=O)(=O)C(C)C)n2)c(OC(C)C)cc1C1CCN(C2CN(CC3CN(c4ccc5c(c4)CN(C4CCC(=O)NC4=O)C5=O)C3)C2)CC1. The van der Waals surface area contributed by atoms with Gasteiger partial charge in [-0.15, -0.1) is 0 Å². The van der Waals surface area contributed by atoms with Gasteiger partial charge >= 0.3 is 0 Å². The van der Waals surface area contributed by atoms with Crippen molar-refractivity contribution in [1.82, 2.24) is 30.0 Å². The lowest BCUT2D eigenvalue weighted by atomic mass is 9.85. The lowest BCUT2D eigenvalue weighted by molar-refractivity contribution is -0.136. The first-order valence-electron chi connectivity index (χ1n) is 22.8. The largest absolute Gasteiger partial charge is 0.489 e. The summed E-state index contributed by atoms with van der Waals surface area (Å²) in [6.07, 6.45) is 4.19. The van der Waals surface area contributed by atoms with Crippen LogP contribution in [0.5, 0.6) is 5.75 Å². The smallest absolute Gasteiger partial charge is 0.255 e. The number of para-hydroxylation sites is 1. The van der Waals surface area contributed by atoms with E-state index in [1.54, 1.807) is 43.0 Å². The maximum Gasteiger partial charge on any atom is 0.255 e. The molecule has 15 nitrogen and oxygen atoms in total. The number of benzene rings is 3. The summed E-state index contributed by atoms with van der Waals surface area (Å²) in [4.78, 5) is 55.8. The minimum absolute atomic E-state index is 0.0637. The lowest BCUT2D eigenvalue weighted by Crippen LogP contribution is -2.63. The average molecular weight is 925 g/mol. The van der Waals surface area contributed by atoms with Gasteiger partial charge in [-0.1, -0.05) is 23.7 Å². The first kappa shape index (κ1) is 44.9. The molecule has 65 heavy (non-hydrogen) atoms. The standard InChI is InChI=1S/C48H58ClN9O6S/c1-28(2)64-42-20-37(30(5)18-40(42)52-48-50-21-38(49)45(54-48)51-39-8-6-7-9-43(39)65(62,63)29(3)4)32-14-16-56(17-15-32)35-26-55(27-35)22-31-23-57(24-31)34-10-11-36-33(19-34)25-58(47(36)61)41-12-13-44(59)53-46(41)60/h6-11,18-21,28-29,31-32,35,41H,12-17,22-27H2,1-5H3,(H,53,59,60)(H2,50,51,52,54). The van der Waals surface area contributed by atoms with E-state index in [9.17, 15) is 22.8 Å². The topological polar surface area (TPSA) is 169 Å². The van der Waals surface area contributed by atoms with Gasteiger partial charge in [0, 0.05) is 68.9 Å². The number of imide groups is 1. The molecule has 0 spiro atoms. The molecule has 5 aliphatic rings. The molecular weight excluding hydrogens is 866 g/mol. The van der Waals surface area contributed by atoms with E-state index in [1.165, 1.54) is 11.8 Å². The number of nitrogens with zero attached hydrogens (tertiary/aromatic N) is 6. The van der Waals surface area contributed by atoms with Gasteiger partial charge in [0.05, 0.1) is 33.8 Å². The third kappa shape index (κ3) is 9.27. The zero-order valence-corrected chi connectivity index (χ0v) is 39.2. The van der Waals surface area contributed by atoms with Gasteiger partial charge in [-0.3, -0.25) is 29.5 Å². The number of aromatic nitrogens is 2. The van der Waals surface area contributed by atoms with Crippen LogP contribution >= 0.6 is 11.6 Å². The number of sulfone groups is 1. The first-order chi connectivity index (χ1) is 31.1. The molecule has 5 aliphatic heterocycles. The monoisotopic (exact) mass is 923 g/mol. The Morgan fingerprint density at radius 3 is 2.40 bits per heavy atom. The van der Waals surface area contributed by atoms with Gasteiger partial charge in [-0.25, -0.2) is 13.4 Å². The molecular formula is C48H58ClN9O6S. The van der Waals surface area contributed by atoms with E-state index in [-0.39, 0.29) is 46.0 Å². The highest BCUT2D eigenvalue weighted by atomic mass is 35.5. The first-order valence-corrected chi connectivity index (χ1v) is 24.7. The molecule has 1 atom stereocenters. The second-order valence-corrected chi connectivity index (χ2v) is 21.7. The van der Waals surface area contributed by atoms with Crippen LogP contribution in [0.2, 0.25) is 5.02 Å². The number of fused-ring (bicyclic) bond motifs is 1. The summed E-state index contributed by atoms with van der Waals surface area (Å²) in [5, 5.41) is 8.52. The molecule has 344 valence electrons. The number of aryl methyl sites for hydroxylation is 1. The molecule has 0 radical (unpaired) electrons. The predicted octanol–water partition coefficient (Wildman–Crippen LogP) is 6.66. The van der Waals surface area contributed by atoms with Crippen LogP contribution in [0.3, 0.4) is 0 Å². The molecule has 4 aromatic rings. The average Bonchev–Trinajstić information content (AvgIpc) is 3.56. The Labute approximate surface area is 386 Å². The van der Waals surface area contributed by atoms with E-state index in [0.29, 0.717) is 48.0 Å². The Bertz CT molecular complexity index is 2610.